The summed E-state index contributed by atoms with van der Waals surface area (Å²) in [6.45, 7) is 4.53. The molecule has 170 valence electrons. The molecule has 0 bridgehead atoms. The highest BCUT2D eigenvalue weighted by Crippen LogP contribution is 2.21. The molecule has 1 saturated heterocycles. The summed E-state index contributed by atoms with van der Waals surface area (Å²) in [7, 11) is -3.70. The van der Waals surface area contributed by atoms with Crippen molar-refractivity contribution < 1.29 is 18.0 Å². The highest BCUT2D eigenvalue weighted by Gasteiger charge is 2.29. The van der Waals surface area contributed by atoms with Gasteiger partial charge in [-0.25, -0.2) is 8.42 Å². The van der Waals surface area contributed by atoms with E-state index in [1.54, 1.807) is 12.1 Å². The summed E-state index contributed by atoms with van der Waals surface area (Å²) < 4.78 is 27.7. The Kier molecular flexibility index (Phi) is 8.19. The number of hydrogen-bond acceptors (Lipinski definition) is 4. The second-order valence-electron chi connectivity index (χ2n) is 7.85. The van der Waals surface area contributed by atoms with E-state index in [1.807, 2.05) is 30.3 Å². The number of nitrogens with zero attached hydrogens (tertiary/aromatic N) is 1. The highest BCUT2D eigenvalue weighted by molar-refractivity contribution is 7.89. The Labute approximate surface area is 189 Å². The zero-order chi connectivity index (χ0) is 23.0. The van der Waals surface area contributed by atoms with Crippen molar-refractivity contribution in [1.29, 1.82) is 0 Å². The quantitative estimate of drug-likeness (QED) is 0.598. The van der Waals surface area contributed by atoms with Crippen molar-refractivity contribution in [2.45, 2.75) is 43.2 Å². The molecule has 0 aromatic heterocycles. The fourth-order valence-corrected chi connectivity index (χ4v) is 5.20. The van der Waals surface area contributed by atoms with Gasteiger partial charge in [0.25, 0.3) is 0 Å². The largest absolute Gasteiger partial charge is 0.352 e. The Morgan fingerprint density at radius 3 is 2.44 bits per heavy atom. The van der Waals surface area contributed by atoms with Crippen LogP contribution in [0.5, 0.6) is 0 Å². The minimum Gasteiger partial charge on any atom is -0.352 e. The molecule has 0 saturated carbocycles. The van der Waals surface area contributed by atoms with Crippen molar-refractivity contribution in [2.24, 2.45) is 0 Å². The van der Waals surface area contributed by atoms with Crippen LogP contribution in [0.15, 0.2) is 72.1 Å². The molecule has 1 aliphatic rings. The van der Waals surface area contributed by atoms with Gasteiger partial charge in [-0.15, -0.1) is 0 Å². The zero-order valence-electron chi connectivity index (χ0n) is 18.0. The van der Waals surface area contributed by atoms with Crippen LogP contribution in [0.3, 0.4) is 0 Å². The lowest BCUT2D eigenvalue weighted by molar-refractivity contribution is -0.120. The van der Waals surface area contributed by atoms with E-state index >= 15 is 0 Å². The first-order valence-electron chi connectivity index (χ1n) is 10.7. The Bertz CT molecular complexity index is 1040. The van der Waals surface area contributed by atoms with Gasteiger partial charge >= 0.3 is 0 Å². The van der Waals surface area contributed by atoms with Gasteiger partial charge in [0.15, 0.2) is 0 Å². The van der Waals surface area contributed by atoms with Crippen LogP contribution in [-0.2, 0) is 32.6 Å². The van der Waals surface area contributed by atoms with Gasteiger partial charge in [-0.1, -0.05) is 55.5 Å². The molecule has 1 fully saturated rings. The molecule has 1 atom stereocenters. The summed E-state index contributed by atoms with van der Waals surface area (Å²) in [6.07, 6.45) is 3.66. The molecule has 7 nitrogen and oxygen atoms in total. The number of rotatable bonds is 8. The predicted molar refractivity (Wildman–Crippen MR) is 123 cm³/mol. The normalized spacial score (nSPS) is 17.2. The molecule has 8 heteroatoms. The monoisotopic (exact) mass is 455 g/mol. The molecule has 1 aliphatic heterocycles. The van der Waals surface area contributed by atoms with E-state index in [9.17, 15) is 18.0 Å². The maximum absolute atomic E-state index is 13.1. The third-order valence-electron chi connectivity index (χ3n) is 5.42. The molecule has 2 aromatic rings. The Balaban J connectivity index is 1.61. The van der Waals surface area contributed by atoms with Gasteiger partial charge in [0, 0.05) is 25.7 Å². The van der Waals surface area contributed by atoms with Gasteiger partial charge < -0.3 is 10.6 Å². The standard InChI is InChI=1S/C24H29N3O4S/c1-2-23(28)26-21-10-6-7-15-27(18-21)32(30,31)22-13-11-19(12-14-22)16-24(29)25-17-20-8-4-3-5-9-20/h2-5,8-9,11-14,21H,1,6-7,10,15-18H2,(H,25,29)(H,26,28). The third kappa shape index (κ3) is 6.51. The van der Waals surface area contributed by atoms with Gasteiger partial charge in [0.1, 0.15) is 0 Å². The van der Waals surface area contributed by atoms with Crippen LogP contribution in [0.2, 0.25) is 0 Å². The first kappa shape index (κ1) is 23.7. The van der Waals surface area contributed by atoms with Crippen molar-refractivity contribution in [2.75, 3.05) is 13.1 Å². The van der Waals surface area contributed by atoms with E-state index in [0.717, 1.165) is 30.4 Å². The lowest BCUT2D eigenvalue weighted by Gasteiger charge is -2.24. The summed E-state index contributed by atoms with van der Waals surface area (Å²) in [4.78, 5) is 24.0. The van der Waals surface area contributed by atoms with E-state index in [1.165, 1.54) is 22.5 Å². The molecule has 1 heterocycles. The fraction of sp³-hybridized carbons (Fsp3) is 0.333. The fourth-order valence-electron chi connectivity index (χ4n) is 3.68. The molecule has 0 radical (unpaired) electrons. The molecule has 1 unspecified atom stereocenters. The number of nitrogens with one attached hydrogen (secondary N) is 2. The lowest BCUT2D eigenvalue weighted by atomic mass is 10.1. The number of amides is 2. The van der Waals surface area contributed by atoms with Crippen LogP contribution in [-0.4, -0.2) is 43.7 Å². The minimum absolute atomic E-state index is 0.127. The molecule has 2 aromatic carbocycles. The highest BCUT2D eigenvalue weighted by atomic mass is 32.2. The van der Waals surface area contributed by atoms with E-state index in [4.69, 9.17) is 0 Å². The maximum Gasteiger partial charge on any atom is 0.243 e. The second kappa shape index (κ2) is 11.1. The van der Waals surface area contributed by atoms with Crippen molar-refractivity contribution >= 4 is 21.8 Å². The van der Waals surface area contributed by atoms with Crippen molar-refractivity contribution in [3.05, 3.63) is 78.4 Å². The van der Waals surface area contributed by atoms with E-state index in [0.29, 0.717) is 13.1 Å². The van der Waals surface area contributed by atoms with Gasteiger partial charge in [0.05, 0.1) is 11.3 Å². The molecule has 2 N–H and O–H groups in total. The Morgan fingerprint density at radius 2 is 1.75 bits per heavy atom. The van der Waals surface area contributed by atoms with Crippen LogP contribution < -0.4 is 10.6 Å². The lowest BCUT2D eigenvalue weighted by Crippen LogP contribution is -2.44. The van der Waals surface area contributed by atoms with Crippen LogP contribution >= 0.6 is 0 Å². The van der Waals surface area contributed by atoms with Gasteiger partial charge in [-0.3, -0.25) is 9.59 Å². The Hall–Kier alpha value is -2.97. The van der Waals surface area contributed by atoms with Crippen LogP contribution in [0.25, 0.3) is 0 Å². The van der Waals surface area contributed by atoms with Crippen LogP contribution in [0.4, 0.5) is 0 Å². The summed E-state index contributed by atoms with van der Waals surface area (Å²) in [5.41, 5.74) is 1.75. The van der Waals surface area contributed by atoms with E-state index in [-0.39, 0.29) is 35.7 Å². The van der Waals surface area contributed by atoms with Crippen LogP contribution in [0.1, 0.15) is 30.4 Å². The van der Waals surface area contributed by atoms with Gasteiger partial charge in [0.2, 0.25) is 21.8 Å². The topological polar surface area (TPSA) is 95.6 Å². The number of carbonyl (C=O) groups excluding carboxylic acids is 2. The zero-order valence-corrected chi connectivity index (χ0v) is 18.8. The first-order chi connectivity index (χ1) is 15.4. The molecule has 0 aliphatic carbocycles. The first-order valence-corrected chi connectivity index (χ1v) is 12.1. The number of hydrogen-bond donors (Lipinski definition) is 2. The molecule has 3 rings (SSSR count). The predicted octanol–water partition coefficient (Wildman–Crippen LogP) is 2.39. The van der Waals surface area contributed by atoms with Crippen molar-refractivity contribution in [1.82, 2.24) is 14.9 Å². The Morgan fingerprint density at radius 1 is 1.03 bits per heavy atom. The number of benzene rings is 2. The molecular formula is C24H29N3O4S. The smallest absolute Gasteiger partial charge is 0.243 e. The number of carbonyl (C=O) groups is 2. The molecule has 0 spiro atoms. The van der Waals surface area contributed by atoms with Crippen molar-refractivity contribution in [3.8, 4) is 0 Å². The summed E-state index contributed by atoms with van der Waals surface area (Å²) in [5, 5.41) is 5.68. The van der Waals surface area contributed by atoms with Crippen molar-refractivity contribution in [3.63, 3.8) is 0 Å². The van der Waals surface area contributed by atoms with Crippen LogP contribution in [0, 0.1) is 0 Å². The maximum atomic E-state index is 13.1. The minimum atomic E-state index is -3.70. The van der Waals surface area contributed by atoms with Gasteiger partial charge in [-0.2, -0.15) is 4.31 Å². The summed E-state index contributed by atoms with van der Waals surface area (Å²) >= 11 is 0. The van der Waals surface area contributed by atoms with E-state index < -0.39 is 10.0 Å². The van der Waals surface area contributed by atoms with E-state index in [2.05, 4.69) is 17.2 Å². The summed E-state index contributed by atoms with van der Waals surface area (Å²) in [5.74, 6) is -0.429. The number of sulfonamides is 1. The second-order valence-corrected chi connectivity index (χ2v) is 9.79. The average Bonchev–Trinajstić information content (AvgIpc) is 3.05. The van der Waals surface area contributed by atoms with Gasteiger partial charge in [-0.05, 0) is 42.2 Å². The summed E-state index contributed by atoms with van der Waals surface area (Å²) in [6, 6.07) is 15.8. The average molecular weight is 456 g/mol. The molecule has 32 heavy (non-hydrogen) atoms. The molecule has 2 amide bonds. The SMILES string of the molecule is C=CC(=O)NC1CCCCN(S(=O)(=O)c2ccc(CC(=O)NCc3ccccc3)cc2)C1. The third-order valence-corrected chi connectivity index (χ3v) is 7.30. The molecular weight excluding hydrogens is 426 g/mol.